The first kappa shape index (κ1) is 18.5. The van der Waals surface area contributed by atoms with Crippen LogP contribution in [0.3, 0.4) is 0 Å². The van der Waals surface area contributed by atoms with Crippen LogP contribution in [0.25, 0.3) is 0 Å². The Balaban J connectivity index is 2.97. The summed E-state index contributed by atoms with van der Waals surface area (Å²) < 4.78 is 3.45. The molecular weight excluding hydrogens is 282 g/mol. The molecule has 0 unspecified atom stereocenters. The maximum absolute atomic E-state index is 12.4. The molecule has 1 aromatic rings. The molecule has 0 aliphatic rings. The molecule has 6 heteroatoms. The van der Waals surface area contributed by atoms with E-state index in [-0.39, 0.29) is 0 Å². The molecule has 0 saturated heterocycles. The minimum atomic E-state index is -0.503. The summed E-state index contributed by atoms with van der Waals surface area (Å²) >= 11 is 0. The van der Waals surface area contributed by atoms with Crippen molar-refractivity contribution in [2.45, 2.75) is 78.3 Å². The smallest absolute Gasteiger partial charge is 0.248 e. The van der Waals surface area contributed by atoms with Crippen LogP contribution in [0.1, 0.15) is 65.2 Å². The fourth-order valence-corrected chi connectivity index (χ4v) is 2.53. The molecule has 0 radical (unpaired) electrons. The lowest BCUT2D eigenvalue weighted by atomic mass is 10.2. The maximum atomic E-state index is 12.4. The first-order valence-corrected chi connectivity index (χ1v) is 8.45. The first-order valence-electron chi connectivity index (χ1n) is 8.45. The molecule has 0 fully saturated rings. The van der Waals surface area contributed by atoms with Crippen molar-refractivity contribution >= 4 is 0 Å². The van der Waals surface area contributed by atoms with Gasteiger partial charge in [-0.15, -0.1) is 0 Å². The van der Waals surface area contributed by atoms with E-state index in [4.69, 9.17) is 0 Å². The molecule has 0 aromatic carbocycles. The zero-order valence-corrected chi connectivity index (χ0v) is 14.1. The Morgan fingerprint density at radius 1 is 0.636 bits per heavy atom. The van der Waals surface area contributed by atoms with Crippen molar-refractivity contribution in [2.75, 3.05) is 0 Å². The van der Waals surface area contributed by atoms with Crippen LogP contribution in [0.5, 0.6) is 0 Å². The minimum absolute atomic E-state index is 0.390. The molecule has 126 valence electrons. The molecule has 1 rings (SSSR count). The van der Waals surface area contributed by atoms with E-state index in [9.17, 15) is 14.4 Å². The second-order valence-corrected chi connectivity index (χ2v) is 5.83. The van der Waals surface area contributed by atoms with Crippen LogP contribution in [0.4, 0.5) is 0 Å². The molecule has 0 aliphatic heterocycles. The lowest BCUT2D eigenvalue weighted by molar-refractivity contribution is 0.441. The largest absolute Gasteiger partial charge is 0.336 e. The van der Waals surface area contributed by atoms with Crippen LogP contribution in [-0.2, 0) is 20.1 Å². The van der Waals surface area contributed by atoms with Gasteiger partial charge in [0.05, 0.1) is 0 Å². The Hall–Kier alpha value is -1.59. The summed E-state index contributed by atoms with van der Waals surface area (Å²) in [4.78, 5) is 36.6. The standard InChI is InChI=1S/C16H29N3O3/c1-4-6-8-10-12-18-14(20)17(3)15(21)19(16(18)22)13-11-9-7-5-2/h4-13H2,1-3H3. The summed E-state index contributed by atoms with van der Waals surface area (Å²) in [7, 11) is 1.44. The number of hydrogen-bond donors (Lipinski definition) is 0. The summed E-state index contributed by atoms with van der Waals surface area (Å²) in [6, 6.07) is 0. The van der Waals surface area contributed by atoms with Gasteiger partial charge in [0.1, 0.15) is 0 Å². The fourth-order valence-electron chi connectivity index (χ4n) is 2.53. The Morgan fingerprint density at radius 2 is 1.05 bits per heavy atom. The lowest BCUT2D eigenvalue weighted by Gasteiger charge is -2.11. The van der Waals surface area contributed by atoms with Gasteiger partial charge in [-0.2, -0.15) is 0 Å². The van der Waals surface area contributed by atoms with E-state index in [0.717, 1.165) is 55.9 Å². The summed E-state index contributed by atoms with van der Waals surface area (Å²) in [6.45, 7) is 5.00. The molecule has 0 amide bonds. The zero-order valence-electron chi connectivity index (χ0n) is 14.1. The SMILES string of the molecule is CCCCCCn1c(=O)n(C)c(=O)n(CCCCCC)c1=O. The Kier molecular flexibility index (Phi) is 7.91. The molecule has 0 saturated carbocycles. The molecule has 0 spiro atoms. The molecule has 0 atom stereocenters. The predicted molar refractivity (Wildman–Crippen MR) is 88.5 cm³/mol. The van der Waals surface area contributed by atoms with Crippen LogP contribution in [-0.4, -0.2) is 13.7 Å². The summed E-state index contributed by atoms with van der Waals surface area (Å²) in [5.74, 6) is 0. The maximum Gasteiger partial charge on any atom is 0.336 e. The van der Waals surface area contributed by atoms with Crippen LogP contribution < -0.4 is 17.1 Å². The average Bonchev–Trinajstić information content (AvgIpc) is 2.51. The van der Waals surface area contributed by atoms with Crippen molar-refractivity contribution in [3.05, 3.63) is 31.5 Å². The van der Waals surface area contributed by atoms with Gasteiger partial charge < -0.3 is 0 Å². The van der Waals surface area contributed by atoms with Gasteiger partial charge >= 0.3 is 17.1 Å². The molecular formula is C16H29N3O3. The normalized spacial score (nSPS) is 11.0. The zero-order chi connectivity index (χ0) is 16.5. The number of rotatable bonds is 10. The molecule has 22 heavy (non-hydrogen) atoms. The van der Waals surface area contributed by atoms with Crippen LogP contribution in [0, 0.1) is 0 Å². The lowest BCUT2D eigenvalue weighted by Crippen LogP contribution is -2.53. The Bertz CT molecular complexity index is 575. The fraction of sp³-hybridized carbons (Fsp3) is 0.812. The van der Waals surface area contributed by atoms with Crippen LogP contribution >= 0.6 is 0 Å². The van der Waals surface area contributed by atoms with Crippen molar-refractivity contribution in [1.82, 2.24) is 13.7 Å². The van der Waals surface area contributed by atoms with Gasteiger partial charge in [-0.05, 0) is 12.8 Å². The van der Waals surface area contributed by atoms with E-state index >= 15 is 0 Å². The number of unbranched alkanes of at least 4 members (excludes halogenated alkanes) is 6. The minimum Gasteiger partial charge on any atom is -0.248 e. The highest BCUT2D eigenvalue weighted by atomic mass is 16.2. The highest BCUT2D eigenvalue weighted by molar-refractivity contribution is 4.77. The van der Waals surface area contributed by atoms with Crippen molar-refractivity contribution in [3.63, 3.8) is 0 Å². The van der Waals surface area contributed by atoms with E-state index in [2.05, 4.69) is 13.8 Å². The van der Waals surface area contributed by atoms with Crippen LogP contribution in [0.15, 0.2) is 14.4 Å². The van der Waals surface area contributed by atoms with Gasteiger partial charge in [0.25, 0.3) is 0 Å². The van der Waals surface area contributed by atoms with Crippen molar-refractivity contribution in [1.29, 1.82) is 0 Å². The van der Waals surface area contributed by atoms with Gasteiger partial charge in [-0.25, -0.2) is 28.1 Å². The third-order valence-corrected chi connectivity index (χ3v) is 3.97. The molecule has 1 heterocycles. The third kappa shape index (κ3) is 4.71. The van der Waals surface area contributed by atoms with Crippen LogP contribution in [0.2, 0.25) is 0 Å². The second kappa shape index (κ2) is 9.43. The van der Waals surface area contributed by atoms with Gasteiger partial charge in [-0.1, -0.05) is 52.4 Å². The molecule has 0 aliphatic carbocycles. The van der Waals surface area contributed by atoms with Gasteiger partial charge in [0.2, 0.25) is 0 Å². The Labute approximate surface area is 131 Å². The third-order valence-electron chi connectivity index (χ3n) is 3.97. The first-order chi connectivity index (χ1) is 10.5. The highest BCUT2D eigenvalue weighted by Crippen LogP contribution is 2.00. The number of nitrogens with zero attached hydrogens (tertiary/aromatic N) is 3. The van der Waals surface area contributed by atoms with Gasteiger partial charge in [0.15, 0.2) is 0 Å². The molecule has 6 nitrogen and oxygen atoms in total. The van der Waals surface area contributed by atoms with Crippen molar-refractivity contribution < 1.29 is 0 Å². The van der Waals surface area contributed by atoms with E-state index in [0.29, 0.717) is 13.1 Å². The summed E-state index contributed by atoms with van der Waals surface area (Å²) in [6.07, 6.45) is 7.93. The highest BCUT2D eigenvalue weighted by Gasteiger charge is 2.12. The Morgan fingerprint density at radius 3 is 1.41 bits per heavy atom. The molecule has 0 bridgehead atoms. The predicted octanol–water partition coefficient (Wildman–Crippen LogP) is 1.87. The van der Waals surface area contributed by atoms with Gasteiger partial charge in [-0.3, -0.25) is 0 Å². The second-order valence-electron chi connectivity index (χ2n) is 5.83. The molecule has 0 N–H and O–H groups in total. The quantitative estimate of drug-likeness (QED) is 0.620. The monoisotopic (exact) mass is 311 g/mol. The van der Waals surface area contributed by atoms with Gasteiger partial charge in [0, 0.05) is 20.1 Å². The van der Waals surface area contributed by atoms with Crippen molar-refractivity contribution in [2.24, 2.45) is 7.05 Å². The molecule has 1 aromatic heterocycles. The van der Waals surface area contributed by atoms with E-state index in [1.165, 1.54) is 16.2 Å². The van der Waals surface area contributed by atoms with E-state index in [1.807, 2.05) is 0 Å². The topological polar surface area (TPSA) is 66.0 Å². The summed E-state index contributed by atoms with van der Waals surface area (Å²) in [5, 5.41) is 0. The van der Waals surface area contributed by atoms with E-state index in [1.54, 1.807) is 0 Å². The average molecular weight is 311 g/mol. The number of aromatic nitrogens is 3. The summed E-state index contributed by atoms with van der Waals surface area (Å²) in [5.41, 5.74) is -1.46. The van der Waals surface area contributed by atoms with Crippen molar-refractivity contribution in [3.8, 4) is 0 Å². The van der Waals surface area contributed by atoms with E-state index < -0.39 is 17.1 Å². The number of hydrogen-bond acceptors (Lipinski definition) is 3.